The Hall–Kier alpha value is -3.50. The van der Waals surface area contributed by atoms with Gasteiger partial charge in [-0.25, -0.2) is 9.13 Å². The fourth-order valence-corrected chi connectivity index (χ4v) is 12.2. The smallest absolute Gasteiger partial charge is 0.462 e. The molecule has 0 fully saturated rings. The number of phosphoric acid groups is 2. The first-order valence-electron chi connectivity index (χ1n) is 39.2. The number of aliphatic hydroxyl groups is 1. The zero-order valence-electron chi connectivity index (χ0n) is 62.2. The molecule has 2 unspecified atom stereocenters. The molecule has 98 heavy (non-hydrogen) atoms. The average molecular weight is 1430 g/mol. The lowest BCUT2D eigenvalue weighted by molar-refractivity contribution is -0.161. The van der Waals surface area contributed by atoms with Crippen molar-refractivity contribution >= 4 is 39.5 Å². The summed E-state index contributed by atoms with van der Waals surface area (Å²) in [5.74, 6) is -2.20. The van der Waals surface area contributed by atoms with Gasteiger partial charge in [0.05, 0.1) is 26.4 Å². The molecule has 0 amide bonds. The number of allylic oxidation sites excluding steroid dienone is 12. The molecule has 0 saturated carbocycles. The molecule has 19 heteroatoms. The Bertz CT molecular complexity index is 2140. The number of hydrogen-bond donors (Lipinski definition) is 3. The summed E-state index contributed by atoms with van der Waals surface area (Å²) < 4.78 is 68.5. The number of hydrogen-bond acceptors (Lipinski definition) is 15. The van der Waals surface area contributed by atoms with Crippen LogP contribution in [0.4, 0.5) is 0 Å². The molecule has 0 spiro atoms. The Morgan fingerprint density at radius 1 is 0.296 bits per heavy atom. The van der Waals surface area contributed by atoms with Crippen molar-refractivity contribution in [1.82, 2.24) is 0 Å². The van der Waals surface area contributed by atoms with E-state index in [1.54, 1.807) is 0 Å². The molecule has 0 heterocycles. The van der Waals surface area contributed by atoms with Crippen LogP contribution in [0.1, 0.15) is 349 Å². The van der Waals surface area contributed by atoms with E-state index in [1.807, 2.05) is 0 Å². The normalized spacial score (nSPS) is 14.3. The van der Waals surface area contributed by atoms with E-state index >= 15 is 0 Å². The molecule has 0 bridgehead atoms. The van der Waals surface area contributed by atoms with E-state index in [9.17, 15) is 43.2 Å². The zero-order valence-corrected chi connectivity index (χ0v) is 64.0. The van der Waals surface area contributed by atoms with Crippen LogP contribution in [0.2, 0.25) is 0 Å². The van der Waals surface area contributed by atoms with Crippen molar-refractivity contribution in [3.63, 3.8) is 0 Å². The lowest BCUT2D eigenvalue weighted by Gasteiger charge is -2.21. The molecule has 0 radical (unpaired) electrons. The first-order chi connectivity index (χ1) is 47.7. The quantitative estimate of drug-likeness (QED) is 0.0128. The van der Waals surface area contributed by atoms with Crippen LogP contribution in [0.25, 0.3) is 0 Å². The van der Waals surface area contributed by atoms with Crippen molar-refractivity contribution in [3.8, 4) is 0 Å². The van der Waals surface area contributed by atoms with Crippen molar-refractivity contribution in [3.05, 3.63) is 72.9 Å². The lowest BCUT2D eigenvalue weighted by Crippen LogP contribution is -2.30. The molecule has 0 aliphatic rings. The van der Waals surface area contributed by atoms with Crippen LogP contribution in [0.15, 0.2) is 72.9 Å². The maximum Gasteiger partial charge on any atom is 0.472 e. The highest BCUT2D eigenvalue weighted by atomic mass is 31.2. The molecule has 0 aliphatic heterocycles. The Balaban J connectivity index is 5.36. The van der Waals surface area contributed by atoms with Gasteiger partial charge in [0.25, 0.3) is 0 Å². The van der Waals surface area contributed by atoms with Gasteiger partial charge in [0.2, 0.25) is 0 Å². The van der Waals surface area contributed by atoms with Crippen LogP contribution in [0.5, 0.6) is 0 Å². The van der Waals surface area contributed by atoms with Crippen LogP contribution >= 0.6 is 15.6 Å². The van der Waals surface area contributed by atoms with Gasteiger partial charge >= 0.3 is 39.5 Å². The topological polar surface area (TPSA) is 237 Å². The molecule has 0 aromatic heterocycles. The minimum atomic E-state index is -4.98. The van der Waals surface area contributed by atoms with Gasteiger partial charge in [-0.1, -0.05) is 261 Å². The van der Waals surface area contributed by atoms with Crippen molar-refractivity contribution < 1.29 is 80.2 Å². The highest BCUT2D eigenvalue weighted by molar-refractivity contribution is 7.47. The predicted octanol–water partition coefficient (Wildman–Crippen LogP) is 22.4. The minimum absolute atomic E-state index is 0.0763. The number of carbonyl (C=O) groups is 4. The maximum absolute atomic E-state index is 13.1. The molecule has 0 rings (SSSR count). The van der Waals surface area contributed by atoms with Gasteiger partial charge in [-0.2, -0.15) is 0 Å². The molecule has 570 valence electrons. The minimum Gasteiger partial charge on any atom is -0.462 e. The number of rotatable bonds is 74. The number of aliphatic hydroxyl groups excluding tert-OH is 1. The SMILES string of the molecule is CCCCC/C=C\C/C=C\CCCCCCCC(=O)OC[C@H](COP(=O)(O)OC[C@H](O)COP(=O)(O)OC[C@@H](COC(=O)CCCCCCC/C=C\CCCCCCCC)OC(=O)CCCCCCC/C=C\CCCCCC)OC(=O)CCCCCCC/C=C\C=C/CCCCCC. The number of ether oxygens (including phenoxy) is 4. The van der Waals surface area contributed by atoms with Gasteiger partial charge in [0.1, 0.15) is 19.3 Å². The van der Waals surface area contributed by atoms with Crippen molar-refractivity contribution in [2.45, 2.75) is 367 Å². The predicted molar refractivity (Wildman–Crippen MR) is 400 cm³/mol. The Morgan fingerprint density at radius 2 is 0.531 bits per heavy atom. The van der Waals surface area contributed by atoms with Crippen molar-refractivity contribution in [2.75, 3.05) is 39.6 Å². The summed E-state index contributed by atoms with van der Waals surface area (Å²) in [5.41, 5.74) is 0. The number of unbranched alkanes of at least 4 members (excludes halogenated alkanes) is 37. The summed E-state index contributed by atoms with van der Waals surface area (Å²) in [7, 11) is -9.95. The molecule has 0 aromatic carbocycles. The van der Waals surface area contributed by atoms with Crippen LogP contribution in [-0.2, 0) is 65.4 Å². The number of phosphoric ester groups is 2. The highest BCUT2D eigenvalue weighted by Crippen LogP contribution is 2.45. The van der Waals surface area contributed by atoms with Crippen LogP contribution in [-0.4, -0.2) is 96.7 Å². The number of esters is 4. The van der Waals surface area contributed by atoms with E-state index in [4.69, 9.17) is 37.0 Å². The molecule has 0 aliphatic carbocycles. The molecular formula is C79H142O17P2. The Labute approximate surface area is 596 Å². The van der Waals surface area contributed by atoms with Crippen LogP contribution in [0.3, 0.4) is 0 Å². The first-order valence-corrected chi connectivity index (χ1v) is 42.2. The van der Waals surface area contributed by atoms with Gasteiger partial charge in [-0.05, 0) is 135 Å². The van der Waals surface area contributed by atoms with Gasteiger partial charge in [0, 0.05) is 25.7 Å². The third-order valence-electron chi connectivity index (χ3n) is 16.6. The van der Waals surface area contributed by atoms with E-state index in [0.29, 0.717) is 25.7 Å². The average Bonchev–Trinajstić information content (AvgIpc) is 1.04. The standard InChI is InChI=1S/C79H142O17P2/c1-5-9-13-17-21-25-29-33-36-40-43-47-51-55-59-63-76(81)89-69-74(95-78(83)65-61-57-53-49-45-39-32-28-24-20-16-12-8-4)71-93-97(85,86)91-67-73(80)68-92-98(87,88)94-72-75(96-79(84)66-62-58-54-50-46-42-38-35-31-27-23-19-15-11-7-3)70-90-77(82)64-60-56-52-48-44-41-37-34-30-26-22-18-14-10-6-2/h22,26-28,31-38,73-75,80H,5-21,23-25,29-30,39-72H2,1-4H3,(H,85,86)(H,87,88)/b26-22-,31-27-,32-28-,36-33-,37-34-,38-35-/t73-,74-,75-/m1/s1. The molecular weight excluding hydrogens is 1280 g/mol. The lowest BCUT2D eigenvalue weighted by atomic mass is 10.1. The van der Waals surface area contributed by atoms with E-state index < -0.39 is 97.5 Å². The summed E-state index contributed by atoms with van der Waals surface area (Å²) in [4.78, 5) is 72.9. The third kappa shape index (κ3) is 70.9. The second-order valence-corrected chi connectivity index (χ2v) is 29.2. The van der Waals surface area contributed by atoms with Crippen molar-refractivity contribution in [2.24, 2.45) is 0 Å². The van der Waals surface area contributed by atoms with Gasteiger partial charge in [0.15, 0.2) is 12.2 Å². The monoisotopic (exact) mass is 1420 g/mol. The second kappa shape index (κ2) is 71.9. The van der Waals surface area contributed by atoms with Crippen LogP contribution < -0.4 is 0 Å². The summed E-state index contributed by atoms with van der Waals surface area (Å²) in [6.07, 6.45) is 71.6. The van der Waals surface area contributed by atoms with Gasteiger partial charge in [-0.15, -0.1) is 0 Å². The fourth-order valence-electron chi connectivity index (χ4n) is 10.6. The molecule has 3 N–H and O–H groups in total. The largest absolute Gasteiger partial charge is 0.472 e. The van der Waals surface area contributed by atoms with E-state index in [1.165, 1.54) is 109 Å². The molecule has 17 nitrogen and oxygen atoms in total. The fraction of sp³-hybridized carbons (Fsp3) is 0.797. The van der Waals surface area contributed by atoms with Crippen molar-refractivity contribution in [1.29, 1.82) is 0 Å². The second-order valence-electron chi connectivity index (χ2n) is 26.3. The third-order valence-corrected chi connectivity index (χ3v) is 18.5. The maximum atomic E-state index is 13.1. The molecule has 5 atom stereocenters. The Kier molecular flexibility index (Phi) is 69.3. The van der Waals surface area contributed by atoms with E-state index in [0.717, 1.165) is 161 Å². The summed E-state index contributed by atoms with van der Waals surface area (Å²) in [5, 5.41) is 10.6. The Morgan fingerprint density at radius 3 is 0.857 bits per heavy atom. The summed E-state index contributed by atoms with van der Waals surface area (Å²) >= 11 is 0. The van der Waals surface area contributed by atoms with Crippen LogP contribution in [0, 0.1) is 0 Å². The van der Waals surface area contributed by atoms with Gasteiger partial charge < -0.3 is 33.8 Å². The highest BCUT2D eigenvalue weighted by Gasteiger charge is 2.30. The first kappa shape index (κ1) is 94.5. The molecule has 0 aromatic rings. The summed E-state index contributed by atoms with van der Waals surface area (Å²) in [6, 6.07) is 0. The van der Waals surface area contributed by atoms with E-state index in [-0.39, 0.29) is 25.7 Å². The zero-order chi connectivity index (χ0) is 71.8. The summed E-state index contributed by atoms with van der Waals surface area (Å²) in [6.45, 7) is 4.80. The van der Waals surface area contributed by atoms with Gasteiger partial charge in [-0.3, -0.25) is 37.3 Å². The molecule has 0 saturated heterocycles. The van der Waals surface area contributed by atoms with E-state index in [2.05, 4.69) is 101 Å². The number of carbonyl (C=O) groups excluding carboxylic acids is 4.